The van der Waals surface area contributed by atoms with Crippen molar-refractivity contribution in [2.24, 2.45) is 0 Å². The first-order valence-electron chi connectivity index (χ1n) is 11.1. The van der Waals surface area contributed by atoms with Crippen LogP contribution in [0.3, 0.4) is 0 Å². The Morgan fingerprint density at radius 3 is 2.91 bits per heavy atom. The molecule has 0 saturated heterocycles. The van der Waals surface area contributed by atoms with Crippen molar-refractivity contribution >= 4 is 22.5 Å². The molecule has 1 unspecified atom stereocenters. The highest BCUT2D eigenvalue weighted by Crippen LogP contribution is 2.29. The summed E-state index contributed by atoms with van der Waals surface area (Å²) < 4.78 is 19.5. The number of nitrogens with two attached hydrogens (primary N) is 1. The van der Waals surface area contributed by atoms with E-state index in [4.69, 9.17) is 10.5 Å². The van der Waals surface area contributed by atoms with E-state index in [1.54, 1.807) is 18.5 Å². The standard InChI is InChI=1S/C26H24FN5O2/c1-15-9-20(6-8-24(15)34-21-4-2-3-18(27)12-21)30-26(33)25-22-11-16(5-7-23(22)31-32-25)17-10-19(28)14-29-13-17/h2-3,5,7,9-14,21H,4,6,8,28H2,1H3,(H,30,33)(H,31,32). The number of amides is 1. The van der Waals surface area contributed by atoms with Crippen molar-refractivity contribution in [2.75, 3.05) is 5.73 Å². The lowest BCUT2D eigenvalue weighted by Gasteiger charge is -2.24. The van der Waals surface area contributed by atoms with Gasteiger partial charge in [-0.1, -0.05) is 12.1 Å². The first kappa shape index (κ1) is 21.6. The Kier molecular flexibility index (Phi) is 5.71. The van der Waals surface area contributed by atoms with Crippen molar-refractivity contribution in [3.8, 4) is 11.1 Å². The van der Waals surface area contributed by atoms with E-state index in [0.29, 0.717) is 36.0 Å². The van der Waals surface area contributed by atoms with Gasteiger partial charge >= 0.3 is 0 Å². The summed E-state index contributed by atoms with van der Waals surface area (Å²) in [5, 5.41) is 10.9. The van der Waals surface area contributed by atoms with Crippen molar-refractivity contribution in [2.45, 2.75) is 32.3 Å². The summed E-state index contributed by atoms with van der Waals surface area (Å²) >= 11 is 0. The van der Waals surface area contributed by atoms with E-state index >= 15 is 0 Å². The minimum absolute atomic E-state index is 0.282. The molecule has 1 atom stereocenters. The van der Waals surface area contributed by atoms with Gasteiger partial charge in [0.05, 0.1) is 11.2 Å². The van der Waals surface area contributed by atoms with Gasteiger partial charge in [0.25, 0.3) is 5.91 Å². The number of hydrogen-bond acceptors (Lipinski definition) is 5. The van der Waals surface area contributed by atoms with E-state index in [2.05, 4.69) is 20.5 Å². The van der Waals surface area contributed by atoms with Gasteiger partial charge < -0.3 is 15.8 Å². The molecule has 4 N–H and O–H groups in total. The minimum atomic E-state index is -0.306. The number of aromatic nitrogens is 3. The number of fused-ring (bicyclic) bond motifs is 1. The Bertz CT molecular complexity index is 1400. The van der Waals surface area contributed by atoms with Gasteiger partial charge in [-0.3, -0.25) is 14.9 Å². The molecule has 2 aromatic heterocycles. The lowest BCUT2D eigenvalue weighted by molar-refractivity contribution is 0.0959. The third kappa shape index (κ3) is 4.47. The Morgan fingerprint density at radius 2 is 2.12 bits per heavy atom. The van der Waals surface area contributed by atoms with Crippen molar-refractivity contribution in [3.63, 3.8) is 0 Å². The number of hydrogen-bond donors (Lipinski definition) is 3. The first-order chi connectivity index (χ1) is 16.5. The van der Waals surface area contributed by atoms with E-state index in [1.165, 1.54) is 12.2 Å². The molecule has 0 bridgehead atoms. The molecule has 7 nitrogen and oxygen atoms in total. The summed E-state index contributed by atoms with van der Waals surface area (Å²) in [6, 6.07) is 7.55. The van der Waals surface area contributed by atoms with Crippen LogP contribution in [0.25, 0.3) is 22.0 Å². The van der Waals surface area contributed by atoms with Crippen molar-refractivity contribution in [1.29, 1.82) is 0 Å². The van der Waals surface area contributed by atoms with E-state index in [-0.39, 0.29) is 17.8 Å². The predicted molar refractivity (Wildman–Crippen MR) is 129 cm³/mol. The molecule has 3 aromatic rings. The second-order valence-corrected chi connectivity index (χ2v) is 8.42. The largest absolute Gasteiger partial charge is 0.490 e. The van der Waals surface area contributed by atoms with Crippen LogP contribution in [0.2, 0.25) is 0 Å². The molecule has 0 aliphatic heterocycles. The Labute approximate surface area is 195 Å². The number of aromatic amines is 1. The number of pyridine rings is 1. The lowest BCUT2D eigenvalue weighted by atomic mass is 10.0. The van der Waals surface area contributed by atoms with Gasteiger partial charge in [-0.05, 0) is 60.9 Å². The average Bonchev–Trinajstić information content (AvgIpc) is 3.24. The molecule has 0 saturated carbocycles. The number of nitrogens with zero attached hydrogens (tertiary/aromatic N) is 2. The summed E-state index contributed by atoms with van der Waals surface area (Å²) in [6.07, 6.45) is 11.5. The summed E-state index contributed by atoms with van der Waals surface area (Å²) in [7, 11) is 0. The number of ether oxygens (including phenoxy) is 1. The van der Waals surface area contributed by atoms with Gasteiger partial charge in [-0.15, -0.1) is 0 Å². The maximum atomic E-state index is 13.5. The summed E-state index contributed by atoms with van der Waals surface area (Å²) in [5.41, 5.74) is 11.0. The van der Waals surface area contributed by atoms with E-state index < -0.39 is 0 Å². The minimum Gasteiger partial charge on any atom is -0.490 e. The van der Waals surface area contributed by atoms with Gasteiger partial charge in [0.1, 0.15) is 17.7 Å². The number of nitrogen functional groups attached to an aromatic ring is 1. The van der Waals surface area contributed by atoms with Crippen LogP contribution in [0.5, 0.6) is 0 Å². The topological polar surface area (TPSA) is 106 Å². The fourth-order valence-corrected chi connectivity index (χ4v) is 4.18. The fraction of sp³-hybridized carbons (Fsp3) is 0.192. The maximum absolute atomic E-state index is 13.5. The zero-order chi connectivity index (χ0) is 23.7. The molecule has 2 aliphatic rings. The SMILES string of the molecule is CC1=C(OC2C=C(F)C=CC2)CCC(NC(=O)c2n[nH]c3ccc(-c4cncc(N)c4)cc23)=C1. The molecule has 1 amide bonds. The van der Waals surface area contributed by atoms with Crippen molar-refractivity contribution in [1.82, 2.24) is 20.5 Å². The molecule has 1 aromatic carbocycles. The number of nitrogens with one attached hydrogen (secondary N) is 2. The molecular formula is C26H24FN5O2. The van der Waals surface area contributed by atoms with Gasteiger partial charge in [-0.2, -0.15) is 5.10 Å². The molecule has 8 heteroatoms. The average molecular weight is 458 g/mol. The Hall–Kier alpha value is -4.20. The van der Waals surface area contributed by atoms with Gasteiger partial charge in [0.2, 0.25) is 0 Å². The van der Waals surface area contributed by atoms with Crippen molar-refractivity contribution < 1.29 is 13.9 Å². The Balaban J connectivity index is 1.34. The number of carbonyl (C=O) groups excluding carboxylic acids is 1. The van der Waals surface area contributed by atoms with Crippen LogP contribution in [-0.4, -0.2) is 27.2 Å². The van der Waals surface area contributed by atoms with Crippen LogP contribution >= 0.6 is 0 Å². The summed E-state index contributed by atoms with van der Waals surface area (Å²) in [4.78, 5) is 17.2. The highest BCUT2D eigenvalue weighted by Gasteiger charge is 2.20. The van der Waals surface area contributed by atoms with E-state index in [9.17, 15) is 9.18 Å². The number of H-pyrrole nitrogens is 1. The zero-order valence-corrected chi connectivity index (χ0v) is 18.6. The predicted octanol–water partition coefficient (Wildman–Crippen LogP) is 5.09. The number of allylic oxidation sites excluding steroid dienone is 6. The molecule has 0 fully saturated rings. The molecule has 0 radical (unpaired) electrons. The first-order valence-corrected chi connectivity index (χ1v) is 11.1. The van der Waals surface area contributed by atoms with E-state index in [0.717, 1.165) is 33.7 Å². The number of rotatable bonds is 5. The smallest absolute Gasteiger partial charge is 0.276 e. The fourth-order valence-electron chi connectivity index (χ4n) is 4.18. The second-order valence-electron chi connectivity index (χ2n) is 8.42. The summed E-state index contributed by atoms with van der Waals surface area (Å²) in [5.74, 6) is 0.239. The normalized spacial score (nSPS) is 18.0. The molecule has 172 valence electrons. The van der Waals surface area contributed by atoms with Crippen LogP contribution in [0.4, 0.5) is 10.1 Å². The van der Waals surface area contributed by atoms with Crippen LogP contribution in [0.1, 0.15) is 36.7 Å². The number of anilines is 1. The van der Waals surface area contributed by atoms with Gasteiger partial charge in [-0.25, -0.2) is 4.39 Å². The van der Waals surface area contributed by atoms with Gasteiger partial charge in [0.15, 0.2) is 5.69 Å². The van der Waals surface area contributed by atoms with Gasteiger partial charge in [0, 0.05) is 41.9 Å². The molecule has 2 heterocycles. The highest BCUT2D eigenvalue weighted by molar-refractivity contribution is 6.06. The molecule has 0 spiro atoms. The molecule has 5 rings (SSSR count). The van der Waals surface area contributed by atoms with Crippen LogP contribution < -0.4 is 11.1 Å². The lowest BCUT2D eigenvalue weighted by Crippen LogP contribution is -2.25. The third-order valence-electron chi connectivity index (χ3n) is 5.88. The number of halogens is 1. The van der Waals surface area contributed by atoms with Crippen LogP contribution in [-0.2, 0) is 4.74 Å². The third-order valence-corrected chi connectivity index (χ3v) is 5.88. The summed E-state index contributed by atoms with van der Waals surface area (Å²) in [6.45, 7) is 1.93. The quantitative estimate of drug-likeness (QED) is 0.495. The number of carbonyl (C=O) groups is 1. The second kappa shape index (κ2) is 8.97. The maximum Gasteiger partial charge on any atom is 0.276 e. The molecule has 2 aliphatic carbocycles. The number of benzene rings is 1. The molecular weight excluding hydrogens is 433 g/mol. The van der Waals surface area contributed by atoms with Crippen molar-refractivity contribution in [3.05, 3.63) is 89.5 Å². The Morgan fingerprint density at radius 1 is 1.24 bits per heavy atom. The highest BCUT2D eigenvalue weighted by atomic mass is 19.1. The van der Waals surface area contributed by atoms with Crippen LogP contribution in [0.15, 0.2) is 83.8 Å². The van der Waals surface area contributed by atoms with E-state index in [1.807, 2.05) is 37.3 Å². The monoisotopic (exact) mass is 457 g/mol. The van der Waals surface area contributed by atoms with Crippen LogP contribution in [0, 0.1) is 0 Å². The zero-order valence-electron chi connectivity index (χ0n) is 18.6. The molecule has 34 heavy (non-hydrogen) atoms.